The maximum absolute atomic E-state index is 12.3. The second kappa shape index (κ2) is 7.39. The summed E-state index contributed by atoms with van der Waals surface area (Å²) in [4.78, 5) is 12.4. The van der Waals surface area contributed by atoms with Crippen molar-refractivity contribution >= 4 is 15.9 Å². The second-order valence-electron chi connectivity index (χ2n) is 5.13. The molecule has 1 atom stereocenters. The van der Waals surface area contributed by atoms with Crippen molar-refractivity contribution in [3.63, 3.8) is 0 Å². The molecule has 0 aliphatic heterocycles. The fourth-order valence-corrected chi connectivity index (χ4v) is 3.27. The number of nitrogens with one attached hydrogen (secondary N) is 2. The van der Waals surface area contributed by atoms with Crippen LogP contribution in [0.5, 0.6) is 0 Å². The smallest absolute Gasteiger partial charge is 0.251 e. The van der Waals surface area contributed by atoms with Crippen LogP contribution in [-0.4, -0.2) is 20.9 Å². The fourth-order valence-electron chi connectivity index (χ4n) is 2.18. The molecular formula is C17H20N2O3S. The van der Waals surface area contributed by atoms with E-state index in [4.69, 9.17) is 0 Å². The number of carbonyl (C=O) groups excluding carboxylic acids is 1. The molecule has 122 valence electrons. The van der Waals surface area contributed by atoms with Gasteiger partial charge >= 0.3 is 0 Å². The molecule has 0 bridgehead atoms. The SMILES string of the molecule is CCNS(=O)(=O)c1cccc(C(=O)N[C@@H](C)c2ccccc2)c1. The maximum Gasteiger partial charge on any atom is 0.251 e. The molecule has 1 amide bonds. The van der Waals surface area contributed by atoms with E-state index in [2.05, 4.69) is 10.0 Å². The van der Waals surface area contributed by atoms with Crippen molar-refractivity contribution in [3.05, 3.63) is 65.7 Å². The summed E-state index contributed by atoms with van der Waals surface area (Å²) in [5.41, 5.74) is 1.30. The fraction of sp³-hybridized carbons (Fsp3) is 0.235. The highest BCUT2D eigenvalue weighted by atomic mass is 32.2. The molecule has 0 unspecified atom stereocenters. The quantitative estimate of drug-likeness (QED) is 0.853. The Labute approximate surface area is 136 Å². The first kappa shape index (κ1) is 17.2. The van der Waals surface area contributed by atoms with Crippen LogP contribution in [0.25, 0.3) is 0 Å². The molecular weight excluding hydrogens is 312 g/mol. The summed E-state index contributed by atoms with van der Waals surface area (Å²) >= 11 is 0. The summed E-state index contributed by atoms with van der Waals surface area (Å²) in [6.45, 7) is 3.88. The van der Waals surface area contributed by atoms with E-state index >= 15 is 0 Å². The predicted octanol–water partition coefficient (Wildman–Crippen LogP) is 2.48. The normalized spacial score (nSPS) is 12.6. The molecule has 2 rings (SSSR count). The first-order valence-electron chi connectivity index (χ1n) is 7.39. The van der Waals surface area contributed by atoms with Crippen LogP contribution < -0.4 is 10.0 Å². The minimum Gasteiger partial charge on any atom is -0.346 e. The van der Waals surface area contributed by atoms with Gasteiger partial charge in [0.25, 0.3) is 5.91 Å². The Bertz CT molecular complexity index is 773. The van der Waals surface area contributed by atoms with Gasteiger partial charge in [0.05, 0.1) is 10.9 Å². The maximum atomic E-state index is 12.3. The first-order valence-corrected chi connectivity index (χ1v) is 8.88. The number of sulfonamides is 1. The third-order valence-electron chi connectivity index (χ3n) is 3.39. The zero-order valence-corrected chi connectivity index (χ0v) is 13.9. The Balaban J connectivity index is 2.17. The van der Waals surface area contributed by atoms with Crippen molar-refractivity contribution in [2.75, 3.05) is 6.54 Å². The molecule has 0 saturated carbocycles. The van der Waals surface area contributed by atoms with E-state index < -0.39 is 10.0 Å². The third-order valence-corrected chi connectivity index (χ3v) is 4.93. The monoisotopic (exact) mass is 332 g/mol. The van der Waals surface area contributed by atoms with Crippen molar-refractivity contribution in [2.24, 2.45) is 0 Å². The van der Waals surface area contributed by atoms with Crippen molar-refractivity contribution in [3.8, 4) is 0 Å². The average molecular weight is 332 g/mol. The van der Waals surface area contributed by atoms with Crippen molar-refractivity contribution in [2.45, 2.75) is 24.8 Å². The van der Waals surface area contributed by atoms with Gasteiger partial charge in [0.2, 0.25) is 10.0 Å². The zero-order chi connectivity index (χ0) is 16.9. The lowest BCUT2D eigenvalue weighted by Gasteiger charge is -2.14. The Hall–Kier alpha value is -2.18. The zero-order valence-electron chi connectivity index (χ0n) is 13.1. The number of hydrogen-bond donors (Lipinski definition) is 2. The highest BCUT2D eigenvalue weighted by molar-refractivity contribution is 7.89. The third kappa shape index (κ3) is 4.40. The molecule has 2 aromatic rings. The standard InChI is InChI=1S/C17H20N2O3S/c1-3-18-23(21,22)16-11-7-10-15(12-16)17(20)19-13(2)14-8-5-4-6-9-14/h4-13,18H,3H2,1-2H3,(H,19,20)/t13-/m0/s1. The summed E-state index contributed by atoms with van der Waals surface area (Å²) < 4.78 is 26.4. The molecule has 0 heterocycles. The van der Waals surface area contributed by atoms with Crippen molar-refractivity contribution in [1.82, 2.24) is 10.0 Å². The molecule has 6 heteroatoms. The molecule has 2 N–H and O–H groups in total. The molecule has 0 radical (unpaired) electrons. The minimum absolute atomic E-state index is 0.0827. The van der Waals surface area contributed by atoms with Crippen LogP contribution in [0.1, 0.15) is 35.8 Å². The van der Waals surface area contributed by atoms with Crippen LogP contribution in [0.3, 0.4) is 0 Å². The molecule has 23 heavy (non-hydrogen) atoms. The molecule has 0 saturated heterocycles. The molecule has 0 aliphatic carbocycles. The summed E-state index contributed by atoms with van der Waals surface area (Å²) in [5.74, 6) is -0.310. The Morgan fingerprint density at radius 2 is 1.78 bits per heavy atom. The highest BCUT2D eigenvalue weighted by Gasteiger charge is 2.16. The van der Waals surface area contributed by atoms with Gasteiger partial charge in [-0.25, -0.2) is 13.1 Å². The Morgan fingerprint density at radius 1 is 1.09 bits per heavy atom. The Kier molecular flexibility index (Phi) is 5.52. The van der Waals surface area contributed by atoms with Gasteiger partial charge in [-0.2, -0.15) is 0 Å². The summed E-state index contributed by atoms with van der Waals surface area (Å²) in [6.07, 6.45) is 0. The van der Waals surface area contributed by atoms with E-state index in [1.54, 1.807) is 19.1 Å². The van der Waals surface area contributed by atoms with E-state index in [1.807, 2.05) is 37.3 Å². The predicted molar refractivity (Wildman–Crippen MR) is 89.6 cm³/mol. The summed E-state index contributed by atoms with van der Waals surface area (Å²) in [5, 5.41) is 2.87. The van der Waals surface area contributed by atoms with Gasteiger partial charge in [0, 0.05) is 12.1 Å². The van der Waals surface area contributed by atoms with Gasteiger partial charge in [-0.1, -0.05) is 43.3 Å². The average Bonchev–Trinajstić information content (AvgIpc) is 2.55. The van der Waals surface area contributed by atoms with Crippen LogP contribution in [0, 0.1) is 0 Å². The molecule has 2 aromatic carbocycles. The van der Waals surface area contributed by atoms with Crippen LogP contribution in [0.2, 0.25) is 0 Å². The van der Waals surface area contributed by atoms with Gasteiger partial charge in [-0.15, -0.1) is 0 Å². The molecule has 0 spiro atoms. The number of benzene rings is 2. The number of carbonyl (C=O) groups is 1. The summed E-state index contributed by atoms with van der Waals surface area (Å²) in [7, 11) is -3.58. The minimum atomic E-state index is -3.58. The van der Waals surface area contributed by atoms with Gasteiger partial charge in [-0.3, -0.25) is 4.79 Å². The summed E-state index contributed by atoms with van der Waals surface area (Å²) in [6, 6.07) is 15.4. The van der Waals surface area contributed by atoms with Gasteiger partial charge in [0.15, 0.2) is 0 Å². The highest BCUT2D eigenvalue weighted by Crippen LogP contribution is 2.15. The van der Waals surface area contributed by atoms with E-state index in [-0.39, 0.29) is 16.8 Å². The van der Waals surface area contributed by atoms with Gasteiger partial charge in [0.1, 0.15) is 0 Å². The van der Waals surface area contributed by atoms with Crippen LogP contribution in [0.4, 0.5) is 0 Å². The van der Waals surface area contributed by atoms with Crippen LogP contribution in [0.15, 0.2) is 59.5 Å². The molecule has 0 aliphatic rings. The van der Waals surface area contributed by atoms with Gasteiger partial charge in [-0.05, 0) is 30.7 Å². The Morgan fingerprint density at radius 3 is 2.43 bits per heavy atom. The second-order valence-corrected chi connectivity index (χ2v) is 6.90. The molecule has 0 fully saturated rings. The van der Waals surface area contributed by atoms with E-state index in [0.29, 0.717) is 12.1 Å². The topological polar surface area (TPSA) is 75.3 Å². The number of rotatable bonds is 6. The number of hydrogen-bond acceptors (Lipinski definition) is 3. The van der Waals surface area contributed by atoms with Gasteiger partial charge < -0.3 is 5.32 Å². The van der Waals surface area contributed by atoms with E-state index in [1.165, 1.54) is 12.1 Å². The lowest BCUT2D eigenvalue weighted by molar-refractivity contribution is 0.0939. The number of amides is 1. The van der Waals surface area contributed by atoms with Crippen molar-refractivity contribution < 1.29 is 13.2 Å². The largest absolute Gasteiger partial charge is 0.346 e. The van der Waals surface area contributed by atoms with Crippen molar-refractivity contribution in [1.29, 1.82) is 0 Å². The lowest BCUT2D eigenvalue weighted by Crippen LogP contribution is -2.27. The van der Waals surface area contributed by atoms with E-state index in [9.17, 15) is 13.2 Å². The lowest BCUT2D eigenvalue weighted by atomic mass is 10.1. The van der Waals surface area contributed by atoms with E-state index in [0.717, 1.165) is 5.56 Å². The van der Waals surface area contributed by atoms with Crippen LogP contribution in [-0.2, 0) is 10.0 Å². The molecule has 5 nitrogen and oxygen atoms in total. The first-order chi connectivity index (χ1) is 10.9. The molecule has 0 aromatic heterocycles. The van der Waals surface area contributed by atoms with Crippen LogP contribution >= 0.6 is 0 Å².